The summed E-state index contributed by atoms with van der Waals surface area (Å²) in [4.78, 5) is 24.7. The molecule has 0 aliphatic rings. The monoisotopic (exact) mass is 464 g/mol. The van der Waals surface area contributed by atoms with Gasteiger partial charge in [0, 0.05) is 5.02 Å². The lowest BCUT2D eigenvalue weighted by atomic mass is 10.3. The van der Waals surface area contributed by atoms with Crippen molar-refractivity contribution in [1.29, 1.82) is 0 Å². The maximum atomic E-state index is 12.9. The van der Waals surface area contributed by atoms with Crippen LogP contribution in [0.25, 0.3) is 5.69 Å². The summed E-state index contributed by atoms with van der Waals surface area (Å²) < 4.78 is 41.8. The van der Waals surface area contributed by atoms with Crippen molar-refractivity contribution in [3.05, 3.63) is 75.7 Å². The van der Waals surface area contributed by atoms with E-state index in [0.29, 0.717) is 5.69 Å². The molecule has 0 aliphatic carbocycles. The van der Waals surface area contributed by atoms with Gasteiger partial charge in [-0.2, -0.15) is 18.2 Å². The minimum absolute atomic E-state index is 0.000712. The summed E-state index contributed by atoms with van der Waals surface area (Å²) in [6.07, 6.45) is 0. The van der Waals surface area contributed by atoms with E-state index in [1.807, 2.05) is 0 Å². The molecule has 3 rings (SSSR count). The molecular weight excluding hydrogens is 448 g/mol. The Bertz CT molecular complexity index is 1270. The number of hydrogen-bond acceptors (Lipinski definition) is 8. The molecular formula is C20H17ClN2O7S. The molecule has 0 amide bonds. The fraction of sp³-hybridized carbons (Fsp3) is 0.150. The van der Waals surface area contributed by atoms with Crippen LogP contribution in [0.4, 0.5) is 0 Å². The van der Waals surface area contributed by atoms with Crippen LogP contribution in [0.2, 0.25) is 5.02 Å². The Labute approximate surface area is 182 Å². The smallest absolute Gasteiger partial charge is 0.362 e. The van der Waals surface area contributed by atoms with Gasteiger partial charge < -0.3 is 13.7 Å². The number of methoxy groups -OCH3 is 1. The van der Waals surface area contributed by atoms with Gasteiger partial charge in [0.1, 0.15) is 10.6 Å². The molecule has 31 heavy (non-hydrogen) atoms. The molecule has 1 aromatic heterocycles. The van der Waals surface area contributed by atoms with Crippen molar-refractivity contribution in [3.63, 3.8) is 0 Å². The molecule has 0 unspecified atom stereocenters. The van der Waals surface area contributed by atoms with Gasteiger partial charge >= 0.3 is 16.1 Å². The molecule has 0 spiro atoms. The van der Waals surface area contributed by atoms with E-state index in [9.17, 15) is 18.0 Å². The van der Waals surface area contributed by atoms with E-state index in [0.717, 1.165) is 16.8 Å². The van der Waals surface area contributed by atoms with Gasteiger partial charge in [-0.15, -0.1) is 0 Å². The number of carbonyl (C=O) groups excluding carboxylic acids is 1. The van der Waals surface area contributed by atoms with Crippen molar-refractivity contribution in [2.45, 2.75) is 11.8 Å². The van der Waals surface area contributed by atoms with Crippen LogP contribution in [0.1, 0.15) is 17.4 Å². The number of rotatable bonds is 7. The number of ether oxygens (including phenoxy) is 2. The first-order valence-corrected chi connectivity index (χ1v) is 10.7. The Balaban J connectivity index is 2.14. The van der Waals surface area contributed by atoms with E-state index >= 15 is 0 Å². The molecule has 0 saturated heterocycles. The quantitative estimate of drug-likeness (QED) is 0.387. The van der Waals surface area contributed by atoms with Gasteiger partial charge in [0.25, 0.3) is 5.56 Å². The maximum Gasteiger partial charge on any atom is 0.362 e. The van der Waals surface area contributed by atoms with Gasteiger partial charge in [-0.25, -0.2) is 4.79 Å². The molecule has 0 aliphatic heterocycles. The molecule has 2 aromatic carbocycles. The molecule has 0 N–H and O–H groups in total. The predicted octanol–water partition coefficient (Wildman–Crippen LogP) is 2.84. The molecule has 0 bridgehead atoms. The van der Waals surface area contributed by atoms with E-state index < -0.39 is 33.1 Å². The Morgan fingerprint density at radius 3 is 2.45 bits per heavy atom. The number of carbonyl (C=O) groups is 1. The standard InChI is InChI=1S/C20H17ClN2O7S/c1-3-29-20(25)19-16(12-18(24)23(22-19)14-7-5-4-6-8-14)30-31(26,27)17-11-13(21)9-10-15(17)28-2/h4-12H,3H2,1-2H3. The minimum Gasteiger partial charge on any atom is -0.495 e. The Morgan fingerprint density at radius 1 is 1.10 bits per heavy atom. The fourth-order valence-corrected chi connectivity index (χ4v) is 3.97. The lowest BCUT2D eigenvalue weighted by molar-refractivity contribution is 0.0515. The molecule has 0 atom stereocenters. The van der Waals surface area contributed by atoms with Gasteiger partial charge in [-0.1, -0.05) is 29.8 Å². The molecule has 0 saturated carbocycles. The van der Waals surface area contributed by atoms with Crippen LogP contribution in [0, 0.1) is 0 Å². The van der Waals surface area contributed by atoms with Gasteiger partial charge in [0.15, 0.2) is 5.75 Å². The first-order chi connectivity index (χ1) is 14.8. The van der Waals surface area contributed by atoms with E-state index in [1.54, 1.807) is 37.3 Å². The van der Waals surface area contributed by atoms with Crippen molar-refractivity contribution in [1.82, 2.24) is 9.78 Å². The lowest BCUT2D eigenvalue weighted by Crippen LogP contribution is -2.26. The fourth-order valence-electron chi connectivity index (χ4n) is 2.61. The van der Waals surface area contributed by atoms with Crippen molar-refractivity contribution in [2.75, 3.05) is 13.7 Å². The summed E-state index contributed by atoms with van der Waals surface area (Å²) in [5, 5.41) is 4.10. The van der Waals surface area contributed by atoms with Crippen LogP contribution in [-0.4, -0.2) is 37.9 Å². The molecule has 1 heterocycles. The number of hydrogen-bond donors (Lipinski definition) is 0. The summed E-state index contributed by atoms with van der Waals surface area (Å²) in [5.41, 5.74) is -0.846. The predicted molar refractivity (Wildman–Crippen MR) is 112 cm³/mol. The van der Waals surface area contributed by atoms with E-state index in [4.69, 9.17) is 25.3 Å². The SMILES string of the molecule is CCOC(=O)c1nn(-c2ccccc2)c(=O)cc1OS(=O)(=O)c1cc(Cl)ccc1OC. The number of nitrogens with zero attached hydrogens (tertiary/aromatic N) is 2. The van der Waals surface area contributed by atoms with Crippen LogP contribution in [0.15, 0.2) is 64.3 Å². The Morgan fingerprint density at radius 2 is 1.81 bits per heavy atom. The first-order valence-electron chi connectivity index (χ1n) is 8.91. The first kappa shape index (κ1) is 22.3. The molecule has 11 heteroatoms. The number of aromatic nitrogens is 2. The Hall–Kier alpha value is -3.37. The third-order valence-electron chi connectivity index (χ3n) is 3.96. The number of para-hydroxylation sites is 1. The topological polar surface area (TPSA) is 114 Å². The second-order valence-corrected chi connectivity index (χ2v) is 7.95. The van der Waals surface area contributed by atoms with E-state index in [-0.39, 0.29) is 22.3 Å². The van der Waals surface area contributed by atoms with E-state index in [1.165, 1.54) is 19.2 Å². The molecule has 9 nitrogen and oxygen atoms in total. The molecule has 3 aromatic rings. The van der Waals surface area contributed by atoms with Crippen molar-refractivity contribution in [3.8, 4) is 17.2 Å². The zero-order valence-corrected chi connectivity index (χ0v) is 18.0. The van der Waals surface area contributed by atoms with Crippen molar-refractivity contribution in [2.24, 2.45) is 0 Å². The summed E-state index contributed by atoms with van der Waals surface area (Å²) in [5.74, 6) is -1.58. The minimum atomic E-state index is -4.55. The van der Waals surface area contributed by atoms with Crippen molar-refractivity contribution >= 4 is 27.7 Å². The normalized spacial score (nSPS) is 11.1. The maximum absolute atomic E-state index is 12.9. The molecule has 0 fully saturated rings. The van der Waals surface area contributed by atoms with Gasteiger partial charge in [0.05, 0.1) is 25.5 Å². The number of halogens is 1. The van der Waals surface area contributed by atoms with E-state index in [2.05, 4.69) is 5.10 Å². The second-order valence-electron chi connectivity index (χ2n) is 6.00. The van der Waals surface area contributed by atoms with Gasteiger partial charge in [-0.3, -0.25) is 4.79 Å². The van der Waals surface area contributed by atoms with Crippen LogP contribution in [-0.2, 0) is 14.9 Å². The third kappa shape index (κ3) is 4.86. The lowest BCUT2D eigenvalue weighted by Gasteiger charge is -2.14. The zero-order valence-electron chi connectivity index (χ0n) is 16.4. The highest BCUT2D eigenvalue weighted by Crippen LogP contribution is 2.30. The Kier molecular flexibility index (Phi) is 6.62. The molecule has 0 radical (unpaired) electrons. The van der Waals surface area contributed by atoms with Crippen LogP contribution >= 0.6 is 11.6 Å². The zero-order chi connectivity index (χ0) is 22.6. The summed E-state index contributed by atoms with van der Waals surface area (Å²) >= 11 is 5.90. The second kappa shape index (κ2) is 9.19. The average molecular weight is 465 g/mol. The highest BCUT2D eigenvalue weighted by atomic mass is 35.5. The molecule has 162 valence electrons. The summed E-state index contributed by atoms with van der Waals surface area (Å²) in [6.45, 7) is 1.57. The summed E-state index contributed by atoms with van der Waals surface area (Å²) in [7, 11) is -3.28. The highest BCUT2D eigenvalue weighted by molar-refractivity contribution is 7.87. The van der Waals surface area contributed by atoms with Gasteiger partial charge in [0.2, 0.25) is 5.69 Å². The van der Waals surface area contributed by atoms with Gasteiger partial charge in [-0.05, 0) is 37.3 Å². The average Bonchev–Trinajstić information content (AvgIpc) is 2.74. The highest BCUT2D eigenvalue weighted by Gasteiger charge is 2.28. The third-order valence-corrected chi connectivity index (χ3v) is 5.45. The summed E-state index contributed by atoms with van der Waals surface area (Å²) in [6, 6.07) is 13.0. The number of esters is 1. The van der Waals surface area contributed by atoms with Crippen LogP contribution in [0.5, 0.6) is 11.5 Å². The van der Waals surface area contributed by atoms with Crippen molar-refractivity contribution < 1.29 is 26.9 Å². The number of benzene rings is 2. The largest absolute Gasteiger partial charge is 0.495 e. The van der Waals surface area contributed by atoms with Crippen LogP contribution < -0.4 is 14.5 Å². The van der Waals surface area contributed by atoms with Crippen LogP contribution in [0.3, 0.4) is 0 Å².